The lowest BCUT2D eigenvalue weighted by Gasteiger charge is -2.17. The number of nitrogens with one attached hydrogen (secondary N) is 1. The van der Waals surface area contributed by atoms with Gasteiger partial charge in [-0.1, -0.05) is 13.0 Å². The molecule has 1 heterocycles. The second kappa shape index (κ2) is 7.22. The van der Waals surface area contributed by atoms with Gasteiger partial charge < -0.3 is 14.8 Å². The van der Waals surface area contributed by atoms with E-state index in [0.29, 0.717) is 17.7 Å². The molecule has 21 heavy (non-hydrogen) atoms. The second-order valence-corrected chi connectivity index (χ2v) is 6.05. The number of aromatic carboxylic acids is 1. The fourth-order valence-corrected chi connectivity index (χ4v) is 3.02. The van der Waals surface area contributed by atoms with Crippen LogP contribution in [0.3, 0.4) is 0 Å². The SMILES string of the molecule is CCSc1cccc(NC(C)Cc2ccco2)c1C(=O)O. The molecule has 2 aromatic rings. The van der Waals surface area contributed by atoms with Crippen LogP contribution in [-0.4, -0.2) is 22.9 Å². The lowest BCUT2D eigenvalue weighted by molar-refractivity contribution is 0.0694. The van der Waals surface area contributed by atoms with Crippen LogP contribution in [0, 0.1) is 0 Å². The molecule has 0 aliphatic rings. The van der Waals surface area contributed by atoms with Gasteiger partial charge in [0.05, 0.1) is 17.5 Å². The molecular weight excluding hydrogens is 286 g/mol. The Balaban J connectivity index is 2.18. The van der Waals surface area contributed by atoms with Crippen molar-refractivity contribution >= 4 is 23.4 Å². The van der Waals surface area contributed by atoms with Gasteiger partial charge in [-0.15, -0.1) is 11.8 Å². The normalized spacial score (nSPS) is 12.1. The average Bonchev–Trinajstić information content (AvgIpc) is 2.91. The highest BCUT2D eigenvalue weighted by Gasteiger charge is 2.17. The number of benzene rings is 1. The molecule has 0 radical (unpaired) electrons. The summed E-state index contributed by atoms with van der Waals surface area (Å²) in [4.78, 5) is 12.3. The third kappa shape index (κ3) is 4.04. The zero-order valence-electron chi connectivity index (χ0n) is 12.1. The Morgan fingerprint density at radius 1 is 1.38 bits per heavy atom. The van der Waals surface area contributed by atoms with Crippen molar-refractivity contribution in [3.05, 3.63) is 47.9 Å². The smallest absolute Gasteiger partial charge is 0.338 e. The summed E-state index contributed by atoms with van der Waals surface area (Å²) in [6, 6.07) is 9.38. The summed E-state index contributed by atoms with van der Waals surface area (Å²) in [5.74, 6) is 0.816. The van der Waals surface area contributed by atoms with Crippen molar-refractivity contribution < 1.29 is 14.3 Å². The van der Waals surface area contributed by atoms with E-state index >= 15 is 0 Å². The molecule has 4 nitrogen and oxygen atoms in total. The van der Waals surface area contributed by atoms with E-state index in [1.54, 1.807) is 6.26 Å². The monoisotopic (exact) mass is 305 g/mol. The predicted molar refractivity (Wildman–Crippen MR) is 85.3 cm³/mol. The first-order valence-electron chi connectivity index (χ1n) is 6.89. The molecule has 0 spiro atoms. The minimum absolute atomic E-state index is 0.0797. The van der Waals surface area contributed by atoms with E-state index < -0.39 is 5.97 Å². The fourth-order valence-electron chi connectivity index (χ4n) is 2.19. The summed E-state index contributed by atoms with van der Waals surface area (Å²) in [6.07, 6.45) is 2.35. The number of furan rings is 1. The van der Waals surface area contributed by atoms with E-state index in [1.807, 2.05) is 44.2 Å². The van der Waals surface area contributed by atoms with Crippen molar-refractivity contribution in [1.82, 2.24) is 0 Å². The number of hydrogen-bond donors (Lipinski definition) is 2. The van der Waals surface area contributed by atoms with Gasteiger partial charge in [-0.05, 0) is 36.9 Å². The zero-order valence-corrected chi connectivity index (χ0v) is 12.9. The van der Waals surface area contributed by atoms with Crippen LogP contribution in [0.25, 0.3) is 0 Å². The highest BCUT2D eigenvalue weighted by Crippen LogP contribution is 2.29. The lowest BCUT2D eigenvalue weighted by Crippen LogP contribution is -2.20. The summed E-state index contributed by atoms with van der Waals surface area (Å²) in [7, 11) is 0. The van der Waals surface area contributed by atoms with Crippen LogP contribution in [0.1, 0.15) is 30.0 Å². The number of thioether (sulfide) groups is 1. The van der Waals surface area contributed by atoms with Gasteiger partial charge in [-0.3, -0.25) is 0 Å². The molecule has 0 saturated carbocycles. The molecule has 1 unspecified atom stereocenters. The van der Waals surface area contributed by atoms with E-state index in [1.165, 1.54) is 11.8 Å². The number of carboxylic acids is 1. The zero-order chi connectivity index (χ0) is 15.2. The highest BCUT2D eigenvalue weighted by atomic mass is 32.2. The third-order valence-electron chi connectivity index (χ3n) is 3.03. The van der Waals surface area contributed by atoms with Gasteiger partial charge in [-0.2, -0.15) is 0 Å². The van der Waals surface area contributed by atoms with Crippen molar-refractivity contribution in [2.75, 3.05) is 11.1 Å². The Kier molecular flexibility index (Phi) is 5.33. The molecule has 0 aliphatic carbocycles. The minimum Gasteiger partial charge on any atom is -0.478 e. The molecule has 1 aromatic carbocycles. The van der Waals surface area contributed by atoms with Gasteiger partial charge in [0.25, 0.3) is 0 Å². The van der Waals surface area contributed by atoms with Crippen LogP contribution >= 0.6 is 11.8 Å². The summed E-state index contributed by atoms with van der Waals surface area (Å²) >= 11 is 1.54. The van der Waals surface area contributed by atoms with Crippen molar-refractivity contribution in [3.8, 4) is 0 Å². The first kappa shape index (κ1) is 15.5. The summed E-state index contributed by atoms with van der Waals surface area (Å²) < 4.78 is 5.32. The first-order valence-corrected chi connectivity index (χ1v) is 7.88. The van der Waals surface area contributed by atoms with Crippen molar-refractivity contribution in [2.45, 2.75) is 31.2 Å². The topological polar surface area (TPSA) is 62.5 Å². The van der Waals surface area contributed by atoms with Crippen LogP contribution in [-0.2, 0) is 6.42 Å². The number of carboxylic acid groups (broad SMARTS) is 1. The number of hydrogen-bond acceptors (Lipinski definition) is 4. The summed E-state index contributed by atoms with van der Waals surface area (Å²) in [6.45, 7) is 4.02. The van der Waals surface area contributed by atoms with E-state index in [-0.39, 0.29) is 6.04 Å². The maximum atomic E-state index is 11.5. The van der Waals surface area contributed by atoms with Gasteiger partial charge in [0.2, 0.25) is 0 Å². The molecule has 0 bridgehead atoms. The summed E-state index contributed by atoms with van der Waals surface area (Å²) in [5, 5.41) is 12.7. The van der Waals surface area contributed by atoms with Crippen molar-refractivity contribution in [3.63, 3.8) is 0 Å². The third-order valence-corrected chi connectivity index (χ3v) is 3.97. The Morgan fingerprint density at radius 3 is 2.81 bits per heavy atom. The van der Waals surface area contributed by atoms with E-state index in [0.717, 1.165) is 16.4 Å². The summed E-state index contributed by atoms with van der Waals surface area (Å²) in [5.41, 5.74) is 0.996. The molecule has 2 N–H and O–H groups in total. The van der Waals surface area contributed by atoms with Crippen LogP contribution in [0.4, 0.5) is 5.69 Å². The van der Waals surface area contributed by atoms with Gasteiger partial charge in [0.15, 0.2) is 0 Å². The molecule has 2 rings (SSSR count). The van der Waals surface area contributed by atoms with Crippen molar-refractivity contribution in [1.29, 1.82) is 0 Å². The molecule has 5 heteroatoms. The highest BCUT2D eigenvalue weighted by molar-refractivity contribution is 7.99. The number of rotatable bonds is 7. The van der Waals surface area contributed by atoms with E-state index in [9.17, 15) is 9.90 Å². The van der Waals surface area contributed by atoms with E-state index in [4.69, 9.17) is 4.42 Å². The Bertz CT molecular complexity index is 596. The van der Waals surface area contributed by atoms with E-state index in [2.05, 4.69) is 5.32 Å². The second-order valence-electron chi connectivity index (χ2n) is 4.75. The van der Waals surface area contributed by atoms with Gasteiger partial charge in [-0.25, -0.2) is 4.79 Å². The van der Waals surface area contributed by atoms with Crippen LogP contribution < -0.4 is 5.32 Å². The molecule has 1 atom stereocenters. The standard InChI is InChI=1S/C16H19NO3S/c1-3-21-14-8-4-7-13(15(14)16(18)19)17-11(2)10-12-6-5-9-20-12/h4-9,11,17H,3,10H2,1-2H3,(H,18,19). The number of carbonyl (C=O) groups is 1. The molecule has 1 aromatic heterocycles. The first-order chi connectivity index (χ1) is 10.1. The van der Waals surface area contributed by atoms with Gasteiger partial charge in [0.1, 0.15) is 5.76 Å². The lowest BCUT2D eigenvalue weighted by atomic mass is 10.1. The van der Waals surface area contributed by atoms with Crippen molar-refractivity contribution in [2.24, 2.45) is 0 Å². The minimum atomic E-state index is -0.903. The molecule has 0 aliphatic heterocycles. The quantitative estimate of drug-likeness (QED) is 0.753. The van der Waals surface area contributed by atoms with Crippen LogP contribution in [0.5, 0.6) is 0 Å². The molecule has 0 amide bonds. The Labute approximate surface area is 128 Å². The van der Waals surface area contributed by atoms with Crippen LogP contribution in [0.2, 0.25) is 0 Å². The maximum absolute atomic E-state index is 11.5. The molecule has 0 fully saturated rings. The Hall–Kier alpha value is -1.88. The molecule has 0 saturated heterocycles. The predicted octanol–water partition coefficient (Wildman–Crippen LogP) is 4.13. The Morgan fingerprint density at radius 2 is 2.19 bits per heavy atom. The fraction of sp³-hybridized carbons (Fsp3) is 0.312. The molecular formula is C16H19NO3S. The van der Waals surface area contributed by atoms with Gasteiger partial charge >= 0.3 is 5.97 Å². The van der Waals surface area contributed by atoms with Crippen LogP contribution in [0.15, 0.2) is 45.9 Å². The van der Waals surface area contributed by atoms with Gasteiger partial charge in [0, 0.05) is 17.4 Å². The molecule has 112 valence electrons. The largest absolute Gasteiger partial charge is 0.478 e. The number of anilines is 1. The average molecular weight is 305 g/mol. The maximum Gasteiger partial charge on any atom is 0.338 e.